The smallest absolute Gasteiger partial charge is 0.259 e. The summed E-state index contributed by atoms with van der Waals surface area (Å²) in [6.07, 6.45) is 6.74. The number of piperazine rings is 1. The van der Waals surface area contributed by atoms with Crippen LogP contribution in [0.15, 0.2) is 71.9 Å². The van der Waals surface area contributed by atoms with E-state index in [1.165, 1.54) is 40.4 Å². The molecule has 4 aromatic heterocycles. The summed E-state index contributed by atoms with van der Waals surface area (Å²) in [4.78, 5) is 77.8. The number of hydrogen-bond acceptors (Lipinski definition) is 11. The van der Waals surface area contributed by atoms with Gasteiger partial charge in [-0.15, -0.1) is 0 Å². The topological polar surface area (TPSA) is 175 Å². The molecule has 0 saturated carbocycles. The molecule has 0 spiro atoms. The molecule has 3 amide bonds. The van der Waals surface area contributed by atoms with E-state index < -0.39 is 23.2 Å². The first-order valence-corrected chi connectivity index (χ1v) is 21.1. The van der Waals surface area contributed by atoms with Crippen LogP contribution in [0.5, 0.6) is 0 Å². The lowest BCUT2D eigenvalue weighted by Crippen LogP contribution is -2.51. The molecule has 0 aliphatic carbocycles. The van der Waals surface area contributed by atoms with Gasteiger partial charge in [0, 0.05) is 69.2 Å². The number of anilines is 4. The first-order valence-electron chi connectivity index (χ1n) is 20.3. The number of thiocarbonyl (C=S) groups is 1. The summed E-state index contributed by atoms with van der Waals surface area (Å²) in [6.45, 7) is 10.0. The second-order valence-electron chi connectivity index (χ2n) is 16.1. The maximum Gasteiger partial charge on any atom is 0.259 e. The van der Waals surface area contributed by atoms with E-state index in [9.17, 15) is 24.4 Å². The van der Waals surface area contributed by atoms with Crippen LogP contribution in [0.4, 0.5) is 27.3 Å². The van der Waals surface area contributed by atoms with Gasteiger partial charge >= 0.3 is 0 Å². The van der Waals surface area contributed by atoms with E-state index >= 15 is 4.39 Å². The third kappa shape index (κ3) is 8.20. The van der Waals surface area contributed by atoms with Crippen molar-refractivity contribution in [2.45, 2.75) is 52.1 Å². The number of halogens is 2. The van der Waals surface area contributed by atoms with Gasteiger partial charge in [-0.2, -0.15) is 5.26 Å². The van der Waals surface area contributed by atoms with Crippen molar-refractivity contribution < 1.29 is 18.8 Å². The minimum atomic E-state index is -1.23. The maximum absolute atomic E-state index is 15.6. The highest BCUT2D eigenvalue weighted by Crippen LogP contribution is 2.38. The van der Waals surface area contributed by atoms with E-state index in [0.717, 1.165) is 41.3 Å². The Morgan fingerprint density at radius 3 is 2.39 bits per heavy atom. The molecule has 15 nitrogen and oxygen atoms in total. The number of hydrogen-bond donors (Lipinski definition) is 2. The molecule has 3 aliphatic heterocycles. The summed E-state index contributed by atoms with van der Waals surface area (Å²) in [6, 6.07) is 14.6. The largest absolute Gasteiger partial charge is 0.357 e. The van der Waals surface area contributed by atoms with Crippen LogP contribution < -0.4 is 25.6 Å². The van der Waals surface area contributed by atoms with Crippen molar-refractivity contribution in [1.29, 1.82) is 5.26 Å². The third-order valence-corrected chi connectivity index (χ3v) is 12.4. The monoisotopic (exact) mass is 875 g/mol. The Labute approximate surface area is 367 Å². The van der Waals surface area contributed by atoms with Gasteiger partial charge in [-0.3, -0.25) is 34.0 Å². The van der Waals surface area contributed by atoms with Crippen LogP contribution in [0.1, 0.15) is 60.8 Å². The number of amides is 3. The van der Waals surface area contributed by atoms with Crippen LogP contribution in [0.2, 0.25) is 5.02 Å². The summed E-state index contributed by atoms with van der Waals surface area (Å²) in [5, 5.41) is 12.0. The van der Waals surface area contributed by atoms with Crippen molar-refractivity contribution in [2.75, 3.05) is 59.3 Å². The molecule has 318 valence electrons. The molecule has 0 unspecified atom stereocenters. The Kier molecular flexibility index (Phi) is 11.7. The van der Waals surface area contributed by atoms with Gasteiger partial charge in [0.25, 0.3) is 17.4 Å². The molecular formula is C44H43ClFN11O4S. The lowest BCUT2D eigenvalue weighted by atomic mass is 9.95. The SMILES string of the molecule is CCc1cc2ncc(CN3CCN(C(=O)C4CCN(c5ccc(NC(=O)c6ccc(N7C(=S)N(c8cnc(C#N)c(Cl)c8)C(=O)C7(C)C)cc6F)cn5)CC4)CC3)cc2[nH]c1=O. The van der Waals surface area contributed by atoms with Gasteiger partial charge in [0.05, 0.1) is 45.4 Å². The van der Waals surface area contributed by atoms with Crippen LogP contribution in [-0.4, -0.2) is 97.4 Å². The summed E-state index contributed by atoms with van der Waals surface area (Å²) in [7, 11) is 0. The number of nitriles is 1. The number of aromatic nitrogens is 4. The van der Waals surface area contributed by atoms with E-state index in [0.29, 0.717) is 63.5 Å². The highest BCUT2D eigenvalue weighted by Gasteiger charge is 2.50. The van der Waals surface area contributed by atoms with E-state index in [1.807, 2.05) is 36.2 Å². The first-order chi connectivity index (χ1) is 29.7. The predicted octanol–water partition coefficient (Wildman–Crippen LogP) is 5.67. The van der Waals surface area contributed by atoms with Crippen molar-refractivity contribution in [1.82, 2.24) is 29.7 Å². The molecule has 8 rings (SSSR count). The minimum absolute atomic E-state index is 0.000611. The Hall–Kier alpha value is -6.35. The lowest BCUT2D eigenvalue weighted by Gasteiger charge is -2.38. The van der Waals surface area contributed by atoms with Crippen molar-refractivity contribution in [3.05, 3.63) is 111 Å². The van der Waals surface area contributed by atoms with Crippen LogP contribution in [0.3, 0.4) is 0 Å². The van der Waals surface area contributed by atoms with Gasteiger partial charge in [0.15, 0.2) is 10.8 Å². The first kappa shape index (κ1) is 42.3. The zero-order valence-corrected chi connectivity index (χ0v) is 35.9. The number of aryl methyl sites for hydroxylation is 1. The fourth-order valence-electron chi connectivity index (χ4n) is 8.28. The Morgan fingerprint density at radius 2 is 1.73 bits per heavy atom. The molecule has 0 atom stereocenters. The molecule has 7 heterocycles. The molecule has 62 heavy (non-hydrogen) atoms. The Balaban J connectivity index is 0.821. The van der Waals surface area contributed by atoms with Gasteiger partial charge in [0.2, 0.25) is 5.91 Å². The fraction of sp³-hybridized carbons (Fsp3) is 0.341. The normalized spacial score (nSPS) is 17.2. The van der Waals surface area contributed by atoms with Crippen LogP contribution in [0, 0.1) is 23.1 Å². The molecule has 3 saturated heterocycles. The molecular weight excluding hydrogens is 833 g/mol. The zero-order valence-electron chi connectivity index (χ0n) is 34.3. The molecule has 0 radical (unpaired) electrons. The third-order valence-electron chi connectivity index (χ3n) is 11.8. The number of aromatic amines is 1. The van der Waals surface area contributed by atoms with Gasteiger partial charge < -0.3 is 25.0 Å². The Bertz CT molecular complexity index is 2710. The number of fused-ring (bicyclic) bond motifs is 1. The van der Waals surface area contributed by atoms with Gasteiger partial charge in [-0.25, -0.2) is 14.4 Å². The van der Waals surface area contributed by atoms with Crippen LogP contribution in [0.25, 0.3) is 11.0 Å². The molecule has 1 aromatic carbocycles. The average Bonchev–Trinajstić information content (AvgIpc) is 3.44. The van der Waals surface area contributed by atoms with E-state index in [1.54, 1.807) is 26.0 Å². The molecule has 3 aliphatic rings. The summed E-state index contributed by atoms with van der Waals surface area (Å²) in [5.74, 6) is -1.09. The number of carbonyl (C=O) groups excluding carboxylic acids is 3. The van der Waals surface area contributed by atoms with E-state index in [4.69, 9.17) is 23.8 Å². The highest BCUT2D eigenvalue weighted by molar-refractivity contribution is 7.81. The second-order valence-corrected chi connectivity index (χ2v) is 16.9. The highest BCUT2D eigenvalue weighted by atomic mass is 35.5. The standard InChI is InChI=1S/C44H43ClFN11O4S/c1-4-27-18-35-36(52-39(27)58)17-26(22-48-35)25-53-13-15-55(16-14-53)41(60)28-9-11-54(12-10-28)38-8-5-29(23-50-38)51-40(59)32-7-6-30(20-34(32)46)57-43(62)56(42(61)44(57,2)3)31-19-33(45)37(21-47)49-24-31/h5-8,17-20,22-24,28H,4,9-16,25H2,1-3H3,(H,51,59)(H,52,58). The number of pyridine rings is 4. The number of benzene rings is 1. The quantitative estimate of drug-likeness (QED) is 0.174. The van der Waals surface area contributed by atoms with Gasteiger partial charge in [0.1, 0.15) is 23.2 Å². The van der Waals surface area contributed by atoms with Crippen molar-refractivity contribution in [3.8, 4) is 6.07 Å². The predicted molar refractivity (Wildman–Crippen MR) is 238 cm³/mol. The summed E-state index contributed by atoms with van der Waals surface area (Å²) in [5.41, 5.74) is 2.61. The molecule has 18 heteroatoms. The summed E-state index contributed by atoms with van der Waals surface area (Å²) < 4.78 is 15.6. The number of nitrogens with zero attached hydrogens (tertiary/aromatic N) is 9. The maximum atomic E-state index is 15.6. The molecule has 3 fully saturated rings. The fourth-order valence-corrected chi connectivity index (χ4v) is 9.00. The molecule has 2 N–H and O–H groups in total. The van der Waals surface area contributed by atoms with Crippen molar-refractivity contribution in [2.24, 2.45) is 5.92 Å². The van der Waals surface area contributed by atoms with Crippen LogP contribution in [-0.2, 0) is 22.6 Å². The number of carbonyl (C=O) groups is 3. The second kappa shape index (κ2) is 17.2. The van der Waals surface area contributed by atoms with E-state index in [2.05, 4.69) is 35.1 Å². The molecule has 0 bridgehead atoms. The number of rotatable bonds is 9. The van der Waals surface area contributed by atoms with Gasteiger partial charge in [-0.1, -0.05) is 18.5 Å². The number of H-pyrrole nitrogens is 1. The number of nitrogens with one attached hydrogen (secondary N) is 2. The van der Waals surface area contributed by atoms with Gasteiger partial charge in [-0.05, 0) is 99.4 Å². The van der Waals surface area contributed by atoms with E-state index in [-0.39, 0.29) is 50.2 Å². The van der Waals surface area contributed by atoms with Crippen molar-refractivity contribution >= 4 is 80.6 Å². The average molecular weight is 876 g/mol. The zero-order chi connectivity index (χ0) is 43.9. The van der Waals surface area contributed by atoms with Crippen molar-refractivity contribution in [3.63, 3.8) is 0 Å². The minimum Gasteiger partial charge on any atom is -0.357 e. The summed E-state index contributed by atoms with van der Waals surface area (Å²) >= 11 is 11.8. The molecule has 5 aromatic rings. The number of piperidine rings is 1. The lowest BCUT2D eigenvalue weighted by molar-refractivity contribution is -0.138. The van der Waals surface area contributed by atoms with Crippen LogP contribution >= 0.6 is 23.8 Å². The Morgan fingerprint density at radius 1 is 0.968 bits per heavy atom.